The van der Waals surface area contributed by atoms with Gasteiger partial charge in [-0.15, -0.1) is 0 Å². The molecule has 2 heteroatoms. The van der Waals surface area contributed by atoms with Gasteiger partial charge in [0.15, 0.2) is 0 Å². The van der Waals surface area contributed by atoms with E-state index in [1.54, 1.807) is 0 Å². The monoisotopic (exact) mass is 205 g/mol. The fourth-order valence-electron chi connectivity index (χ4n) is 1.96. The van der Waals surface area contributed by atoms with E-state index in [0.29, 0.717) is 6.04 Å². The van der Waals surface area contributed by atoms with Crippen LogP contribution < -0.4 is 5.32 Å². The molecule has 0 aliphatic heterocycles. The van der Waals surface area contributed by atoms with Crippen LogP contribution in [-0.2, 0) is 6.61 Å². The Bertz CT molecular complexity index is 320. The summed E-state index contributed by atoms with van der Waals surface area (Å²) in [6.07, 6.45) is 4.08. The molecular weight excluding hydrogens is 186 g/mol. The Kier molecular flexibility index (Phi) is 3.27. The summed E-state index contributed by atoms with van der Waals surface area (Å²) in [4.78, 5) is 0. The van der Waals surface area contributed by atoms with Gasteiger partial charge in [0, 0.05) is 11.7 Å². The molecule has 1 unspecified atom stereocenters. The second-order valence-corrected chi connectivity index (χ2v) is 4.58. The van der Waals surface area contributed by atoms with Gasteiger partial charge in [0.25, 0.3) is 0 Å². The maximum Gasteiger partial charge on any atom is 0.0682 e. The summed E-state index contributed by atoms with van der Waals surface area (Å²) in [6, 6.07) is 8.53. The zero-order valence-electron chi connectivity index (χ0n) is 9.24. The van der Waals surface area contributed by atoms with E-state index in [4.69, 9.17) is 5.11 Å². The highest BCUT2D eigenvalue weighted by Gasteiger charge is 2.23. The molecule has 2 rings (SSSR count). The van der Waals surface area contributed by atoms with E-state index in [1.807, 2.05) is 18.2 Å². The zero-order valence-corrected chi connectivity index (χ0v) is 9.24. The van der Waals surface area contributed by atoms with E-state index in [1.165, 1.54) is 19.3 Å². The third-order valence-corrected chi connectivity index (χ3v) is 2.91. The van der Waals surface area contributed by atoms with Crippen LogP contribution in [0.15, 0.2) is 24.3 Å². The summed E-state index contributed by atoms with van der Waals surface area (Å²) in [7, 11) is 0. The van der Waals surface area contributed by atoms with E-state index in [-0.39, 0.29) is 6.61 Å². The molecular formula is C13H19NO. The highest BCUT2D eigenvalue weighted by atomic mass is 16.3. The second-order valence-electron chi connectivity index (χ2n) is 4.58. The van der Waals surface area contributed by atoms with Crippen molar-refractivity contribution in [2.75, 3.05) is 5.32 Å². The van der Waals surface area contributed by atoms with Crippen LogP contribution in [0.5, 0.6) is 0 Å². The number of hydrogen-bond donors (Lipinski definition) is 2. The number of aliphatic hydroxyl groups is 1. The average molecular weight is 205 g/mol. The minimum atomic E-state index is 0.118. The van der Waals surface area contributed by atoms with Crippen molar-refractivity contribution in [1.29, 1.82) is 0 Å². The first-order chi connectivity index (χ1) is 7.28. The van der Waals surface area contributed by atoms with Crippen LogP contribution in [0.2, 0.25) is 0 Å². The van der Waals surface area contributed by atoms with Gasteiger partial charge in [-0.25, -0.2) is 0 Å². The smallest absolute Gasteiger partial charge is 0.0682 e. The van der Waals surface area contributed by atoms with Crippen molar-refractivity contribution < 1.29 is 5.11 Å². The molecule has 2 nitrogen and oxygen atoms in total. The molecule has 0 amide bonds. The summed E-state index contributed by atoms with van der Waals surface area (Å²) < 4.78 is 0. The number of anilines is 1. The molecule has 2 N–H and O–H groups in total. The average Bonchev–Trinajstić information content (AvgIpc) is 3.02. The van der Waals surface area contributed by atoms with Gasteiger partial charge in [0.2, 0.25) is 0 Å². The Morgan fingerprint density at radius 1 is 1.47 bits per heavy atom. The van der Waals surface area contributed by atoms with E-state index >= 15 is 0 Å². The van der Waals surface area contributed by atoms with Crippen LogP contribution in [0.25, 0.3) is 0 Å². The van der Waals surface area contributed by atoms with Crippen LogP contribution in [0.4, 0.5) is 5.69 Å². The molecule has 1 aliphatic carbocycles. The van der Waals surface area contributed by atoms with E-state index in [2.05, 4.69) is 18.3 Å². The molecule has 1 aromatic rings. The van der Waals surface area contributed by atoms with Crippen LogP contribution in [0.1, 0.15) is 31.7 Å². The summed E-state index contributed by atoms with van der Waals surface area (Å²) in [6.45, 7) is 2.34. The second kappa shape index (κ2) is 4.67. The van der Waals surface area contributed by atoms with Crippen molar-refractivity contribution in [1.82, 2.24) is 0 Å². The quantitative estimate of drug-likeness (QED) is 0.774. The van der Waals surface area contributed by atoms with Crippen LogP contribution in [0.3, 0.4) is 0 Å². The summed E-state index contributed by atoms with van der Waals surface area (Å²) in [5.41, 5.74) is 2.09. The molecule has 1 aliphatic rings. The minimum absolute atomic E-state index is 0.118. The predicted molar refractivity (Wildman–Crippen MR) is 62.8 cm³/mol. The lowest BCUT2D eigenvalue weighted by Gasteiger charge is -2.15. The highest BCUT2D eigenvalue weighted by molar-refractivity contribution is 5.46. The molecule has 0 saturated heterocycles. The fraction of sp³-hybridized carbons (Fsp3) is 0.538. The van der Waals surface area contributed by atoms with E-state index in [9.17, 15) is 0 Å². The Morgan fingerprint density at radius 3 is 2.93 bits per heavy atom. The SMILES string of the molecule is CC(CC1CC1)Nc1cccc(CO)c1. The van der Waals surface area contributed by atoms with Gasteiger partial charge in [-0.1, -0.05) is 25.0 Å². The van der Waals surface area contributed by atoms with Crippen molar-refractivity contribution in [3.05, 3.63) is 29.8 Å². The Hall–Kier alpha value is -1.02. The summed E-state index contributed by atoms with van der Waals surface area (Å²) in [5, 5.41) is 12.5. The molecule has 0 aromatic heterocycles. The number of benzene rings is 1. The van der Waals surface area contributed by atoms with Crippen molar-refractivity contribution in [2.45, 2.75) is 38.8 Å². The van der Waals surface area contributed by atoms with Gasteiger partial charge in [-0.2, -0.15) is 0 Å². The van der Waals surface area contributed by atoms with Crippen molar-refractivity contribution in [3.63, 3.8) is 0 Å². The first-order valence-electron chi connectivity index (χ1n) is 5.74. The lowest BCUT2D eigenvalue weighted by atomic mass is 10.1. The van der Waals surface area contributed by atoms with Gasteiger partial charge >= 0.3 is 0 Å². The number of aliphatic hydroxyl groups excluding tert-OH is 1. The maximum atomic E-state index is 9.02. The van der Waals surface area contributed by atoms with Gasteiger partial charge in [-0.3, -0.25) is 0 Å². The topological polar surface area (TPSA) is 32.3 Å². The Balaban J connectivity index is 1.90. The standard InChI is InChI=1S/C13H19NO/c1-10(7-11-5-6-11)14-13-4-2-3-12(8-13)9-15/h2-4,8,10-11,14-15H,5-7,9H2,1H3. The molecule has 0 bridgehead atoms. The molecule has 1 aromatic carbocycles. The van der Waals surface area contributed by atoms with Crippen molar-refractivity contribution in [3.8, 4) is 0 Å². The van der Waals surface area contributed by atoms with Crippen molar-refractivity contribution in [2.24, 2.45) is 5.92 Å². The Labute approximate surface area is 91.3 Å². The van der Waals surface area contributed by atoms with Crippen molar-refractivity contribution >= 4 is 5.69 Å². The number of hydrogen-bond acceptors (Lipinski definition) is 2. The fourth-order valence-corrected chi connectivity index (χ4v) is 1.96. The molecule has 1 saturated carbocycles. The Morgan fingerprint density at radius 2 is 2.27 bits per heavy atom. The minimum Gasteiger partial charge on any atom is -0.392 e. The lowest BCUT2D eigenvalue weighted by Crippen LogP contribution is -2.15. The molecule has 15 heavy (non-hydrogen) atoms. The van der Waals surface area contributed by atoms with Gasteiger partial charge in [0.1, 0.15) is 0 Å². The summed E-state index contributed by atoms with van der Waals surface area (Å²) >= 11 is 0. The molecule has 0 heterocycles. The number of nitrogens with one attached hydrogen (secondary N) is 1. The third-order valence-electron chi connectivity index (χ3n) is 2.91. The predicted octanol–water partition coefficient (Wildman–Crippen LogP) is 2.78. The summed E-state index contributed by atoms with van der Waals surface area (Å²) in [5.74, 6) is 0.952. The van der Waals surface area contributed by atoms with Crippen LogP contribution >= 0.6 is 0 Å². The zero-order chi connectivity index (χ0) is 10.7. The van der Waals surface area contributed by atoms with Crippen LogP contribution in [0, 0.1) is 5.92 Å². The first-order valence-corrected chi connectivity index (χ1v) is 5.74. The molecule has 1 fully saturated rings. The number of rotatable bonds is 5. The molecule has 1 atom stereocenters. The molecule has 0 radical (unpaired) electrons. The van der Waals surface area contributed by atoms with Gasteiger partial charge in [0.05, 0.1) is 6.61 Å². The normalized spacial score (nSPS) is 17.5. The lowest BCUT2D eigenvalue weighted by molar-refractivity contribution is 0.282. The third kappa shape index (κ3) is 3.24. The van der Waals surface area contributed by atoms with E-state index < -0.39 is 0 Å². The van der Waals surface area contributed by atoms with E-state index in [0.717, 1.165) is 17.2 Å². The maximum absolute atomic E-state index is 9.02. The molecule has 0 spiro atoms. The first kappa shape index (κ1) is 10.5. The van der Waals surface area contributed by atoms with Gasteiger partial charge in [-0.05, 0) is 37.0 Å². The van der Waals surface area contributed by atoms with Gasteiger partial charge < -0.3 is 10.4 Å². The molecule has 82 valence electrons. The largest absolute Gasteiger partial charge is 0.392 e. The highest BCUT2D eigenvalue weighted by Crippen LogP contribution is 2.34. The van der Waals surface area contributed by atoms with Crippen LogP contribution in [-0.4, -0.2) is 11.1 Å².